The van der Waals surface area contributed by atoms with E-state index < -0.39 is 5.97 Å². The van der Waals surface area contributed by atoms with Crippen molar-refractivity contribution in [2.75, 3.05) is 0 Å². The maximum Gasteiger partial charge on any atom is 0.337 e. The van der Waals surface area contributed by atoms with Crippen LogP contribution in [0.3, 0.4) is 0 Å². The number of hydrogen-bond donors (Lipinski definition) is 1. The molecule has 0 amide bonds. The van der Waals surface area contributed by atoms with Crippen LogP contribution in [0, 0.1) is 5.82 Å². The summed E-state index contributed by atoms with van der Waals surface area (Å²) in [7, 11) is 0. The summed E-state index contributed by atoms with van der Waals surface area (Å²) >= 11 is 0. The molecule has 0 radical (unpaired) electrons. The second-order valence-electron chi connectivity index (χ2n) is 6.32. The van der Waals surface area contributed by atoms with Crippen molar-refractivity contribution in [3.05, 3.63) is 70.7 Å². The summed E-state index contributed by atoms with van der Waals surface area (Å²) in [4.78, 5) is 11.7. The number of carbonyl (C=O) groups is 1. The highest BCUT2D eigenvalue weighted by atomic mass is 19.1. The van der Waals surface area contributed by atoms with Crippen molar-refractivity contribution in [1.82, 2.24) is 4.57 Å². The molecule has 122 valence electrons. The summed E-state index contributed by atoms with van der Waals surface area (Å²) in [5.41, 5.74) is 3.99. The molecule has 24 heavy (non-hydrogen) atoms. The Hall–Kier alpha value is -2.62. The van der Waals surface area contributed by atoms with Crippen molar-refractivity contribution in [2.45, 2.75) is 32.2 Å². The molecule has 1 aromatic heterocycles. The van der Waals surface area contributed by atoms with Crippen molar-refractivity contribution in [3.8, 4) is 0 Å². The third-order valence-electron chi connectivity index (χ3n) is 4.91. The average Bonchev–Trinajstić information content (AvgIpc) is 2.91. The number of carboxylic acids is 1. The largest absolute Gasteiger partial charge is 0.478 e. The predicted molar refractivity (Wildman–Crippen MR) is 91.0 cm³/mol. The van der Waals surface area contributed by atoms with E-state index in [1.54, 1.807) is 24.3 Å². The summed E-state index contributed by atoms with van der Waals surface area (Å²) < 4.78 is 16.2. The molecule has 0 saturated carbocycles. The van der Waals surface area contributed by atoms with Gasteiger partial charge in [0.1, 0.15) is 5.82 Å². The third-order valence-corrected chi connectivity index (χ3v) is 4.91. The first-order valence-electron chi connectivity index (χ1n) is 8.26. The van der Waals surface area contributed by atoms with Gasteiger partial charge in [-0.3, -0.25) is 0 Å². The van der Waals surface area contributed by atoms with Gasteiger partial charge in [0, 0.05) is 16.6 Å². The fourth-order valence-corrected chi connectivity index (χ4v) is 3.83. The van der Waals surface area contributed by atoms with Gasteiger partial charge in [0.25, 0.3) is 0 Å². The molecule has 3 aromatic rings. The van der Waals surface area contributed by atoms with Crippen LogP contribution < -0.4 is 0 Å². The van der Waals surface area contributed by atoms with E-state index in [9.17, 15) is 14.3 Å². The van der Waals surface area contributed by atoms with Gasteiger partial charge in [-0.2, -0.15) is 0 Å². The molecule has 0 fully saturated rings. The molecule has 3 nitrogen and oxygen atoms in total. The van der Waals surface area contributed by atoms with Gasteiger partial charge >= 0.3 is 5.97 Å². The quantitative estimate of drug-likeness (QED) is 0.776. The van der Waals surface area contributed by atoms with Crippen molar-refractivity contribution >= 4 is 16.9 Å². The van der Waals surface area contributed by atoms with Gasteiger partial charge in [0.05, 0.1) is 17.6 Å². The summed E-state index contributed by atoms with van der Waals surface area (Å²) in [6, 6.07) is 12.1. The van der Waals surface area contributed by atoms with Gasteiger partial charge in [-0.05, 0) is 43.4 Å². The van der Waals surface area contributed by atoms with Crippen LogP contribution in [0.4, 0.5) is 4.39 Å². The van der Waals surface area contributed by atoms with Gasteiger partial charge in [-0.15, -0.1) is 0 Å². The lowest BCUT2D eigenvalue weighted by Crippen LogP contribution is -2.11. The molecular formula is C20H18FNO2. The Bertz CT molecular complexity index is 942. The van der Waals surface area contributed by atoms with Crippen molar-refractivity contribution in [3.63, 3.8) is 0 Å². The number of nitrogens with zero attached hydrogens (tertiary/aromatic N) is 1. The first-order valence-corrected chi connectivity index (χ1v) is 8.26. The molecule has 4 heteroatoms. The zero-order valence-corrected chi connectivity index (χ0v) is 13.3. The van der Waals surface area contributed by atoms with Crippen LogP contribution in [0.5, 0.6) is 0 Å². The van der Waals surface area contributed by atoms with Gasteiger partial charge in [-0.1, -0.05) is 30.3 Å². The Morgan fingerprint density at radius 2 is 1.88 bits per heavy atom. The Labute approximate surface area is 139 Å². The van der Waals surface area contributed by atoms with E-state index in [4.69, 9.17) is 0 Å². The van der Waals surface area contributed by atoms with Gasteiger partial charge in [-0.25, -0.2) is 9.18 Å². The molecular weight excluding hydrogens is 305 g/mol. The smallest absolute Gasteiger partial charge is 0.337 e. The summed E-state index contributed by atoms with van der Waals surface area (Å²) in [5, 5.41) is 10.6. The second kappa shape index (κ2) is 5.78. The van der Waals surface area contributed by atoms with E-state index in [0.717, 1.165) is 42.3 Å². The first kappa shape index (κ1) is 14.9. The highest BCUT2D eigenvalue weighted by Crippen LogP contribution is 2.34. The molecule has 0 bridgehead atoms. The lowest BCUT2D eigenvalue weighted by Gasteiger charge is -2.16. The van der Waals surface area contributed by atoms with Crippen molar-refractivity contribution in [2.24, 2.45) is 0 Å². The molecule has 4 rings (SSSR count). The maximum absolute atomic E-state index is 14.1. The normalized spacial score (nSPS) is 13.9. The van der Waals surface area contributed by atoms with E-state index in [0.29, 0.717) is 17.7 Å². The van der Waals surface area contributed by atoms with Gasteiger partial charge in [0.15, 0.2) is 0 Å². The molecule has 0 aliphatic heterocycles. The van der Waals surface area contributed by atoms with E-state index in [-0.39, 0.29) is 5.82 Å². The number of aromatic nitrogens is 1. The highest BCUT2D eigenvalue weighted by molar-refractivity contribution is 6.04. The standard InChI is InChI=1S/C20H18FNO2/c21-17-10-3-1-6-13(17)12-22-18-11-4-2-7-14(18)15-8-5-9-16(19(15)22)20(23)24/h1,3,5-6,8-10H,2,4,7,11-12H2,(H,23,24). The molecule has 0 spiro atoms. The topological polar surface area (TPSA) is 42.2 Å². The summed E-state index contributed by atoms with van der Waals surface area (Å²) in [6.45, 7) is 0.364. The van der Waals surface area contributed by atoms with E-state index in [2.05, 4.69) is 0 Å². The number of rotatable bonds is 3. The number of hydrogen-bond acceptors (Lipinski definition) is 1. The molecule has 1 aliphatic carbocycles. The first-order chi connectivity index (χ1) is 11.7. The number of carboxylic acid groups (broad SMARTS) is 1. The Morgan fingerprint density at radius 1 is 1.08 bits per heavy atom. The van der Waals surface area contributed by atoms with Gasteiger partial charge < -0.3 is 9.67 Å². The zero-order chi connectivity index (χ0) is 16.7. The fraction of sp³-hybridized carbons (Fsp3) is 0.250. The van der Waals surface area contributed by atoms with Crippen LogP contribution in [0.1, 0.15) is 40.0 Å². The van der Waals surface area contributed by atoms with E-state index >= 15 is 0 Å². The average molecular weight is 323 g/mol. The van der Waals surface area contributed by atoms with Crippen LogP contribution >= 0.6 is 0 Å². The predicted octanol–water partition coefficient (Wildman–Crippen LogP) is 4.41. The van der Waals surface area contributed by atoms with Crippen LogP contribution in [-0.4, -0.2) is 15.6 Å². The number of halogens is 1. The van der Waals surface area contributed by atoms with Gasteiger partial charge in [0.2, 0.25) is 0 Å². The monoisotopic (exact) mass is 323 g/mol. The highest BCUT2D eigenvalue weighted by Gasteiger charge is 2.23. The van der Waals surface area contributed by atoms with E-state index in [1.807, 2.05) is 16.7 Å². The zero-order valence-electron chi connectivity index (χ0n) is 13.3. The van der Waals surface area contributed by atoms with Crippen LogP contribution in [0.15, 0.2) is 42.5 Å². The molecule has 2 aromatic carbocycles. The number of para-hydroxylation sites is 1. The van der Waals surface area contributed by atoms with Crippen LogP contribution in [0.25, 0.3) is 10.9 Å². The Balaban J connectivity index is 1.99. The minimum atomic E-state index is -0.940. The third kappa shape index (κ3) is 2.30. The number of benzene rings is 2. The Kier molecular flexibility index (Phi) is 3.60. The number of aromatic carboxylic acids is 1. The summed E-state index contributed by atoms with van der Waals surface area (Å²) in [5.74, 6) is -1.19. The van der Waals surface area contributed by atoms with Crippen LogP contribution in [-0.2, 0) is 19.4 Å². The number of fused-ring (bicyclic) bond motifs is 3. The van der Waals surface area contributed by atoms with Crippen LogP contribution in [0.2, 0.25) is 0 Å². The molecule has 0 unspecified atom stereocenters. The van der Waals surface area contributed by atoms with Crippen molar-refractivity contribution in [1.29, 1.82) is 0 Å². The Morgan fingerprint density at radius 3 is 2.67 bits per heavy atom. The van der Waals surface area contributed by atoms with E-state index in [1.165, 1.54) is 11.6 Å². The maximum atomic E-state index is 14.1. The molecule has 0 atom stereocenters. The lowest BCUT2D eigenvalue weighted by molar-refractivity contribution is 0.0698. The lowest BCUT2D eigenvalue weighted by atomic mass is 9.95. The molecule has 1 aliphatic rings. The fourth-order valence-electron chi connectivity index (χ4n) is 3.83. The summed E-state index contributed by atoms with van der Waals surface area (Å²) in [6.07, 6.45) is 4.07. The SMILES string of the molecule is O=C(O)c1cccc2c3c(n(Cc4ccccc4F)c12)CCCC3. The van der Waals surface area contributed by atoms with Crippen molar-refractivity contribution < 1.29 is 14.3 Å². The molecule has 1 N–H and O–H groups in total. The minimum Gasteiger partial charge on any atom is -0.478 e. The molecule has 0 saturated heterocycles. The molecule has 1 heterocycles. The number of aryl methyl sites for hydroxylation is 1. The minimum absolute atomic E-state index is 0.253. The second-order valence-corrected chi connectivity index (χ2v) is 6.32.